The van der Waals surface area contributed by atoms with E-state index in [0.29, 0.717) is 26.4 Å². The minimum absolute atomic E-state index is 0.00246. The molecule has 0 spiro atoms. The van der Waals surface area contributed by atoms with Crippen molar-refractivity contribution in [2.45, 2.75) is 271 Å². The van der Waals surface area contributed by atoms with Gasteiger partial charge in [-0.3, -0.25) is 0 Å². The third-order valence-corrected chi connectivity index (χ3v) is 23.5. The van der Waals surface area contributed by atoms with Gasteiger partial charge in [0.15, 0.2) is 0 Å². The van der Waals surface area contributed by atoms with Crippen molar-refractivity contribution in [3.63, 3.8) is 0 Å². The molecule has 8 aromatic carbocycles. The number of rotatable bonds is 32. The zero-order valence-corrected chi connectivity index (χ0v) is 65.0. The molecule has 2 fully saturated rings. The second kappa shape index (κ2) is 34.5. The molecule has 0 atom stereocenters. The van der Waals surface area contributed by atoms with Crippen LogP contribution in [-0.4, -0.2) is 40.7 Å². The highest BCUT2D eigenvalue weighted by Crippen LogP contribution is 2.62. The van der Waals surface area contributed by atoms with Gasteiger partial charge >= 0.3 is 14.2 Å². The van der Waals surface area contributed by atoms with Crippen LogP contribution in [0.4, 0.5) is 0 Å². The summed E-state index contributed by atoms with van der Waals surface area (Å²) < 4.78 is 26.0. The molecular formula is C90H116B2Br2O4. The zero-order chi connectivity index (χ0) is 68.9. The molecule has 98 heavy (non-hydrogen) atoms. The third kappa shape index (κ3) is 16.6. The number of fused-ring (bicyclic) bond motifs is 9. The average molecular weight is 1440 g/mol. The Balaban J connectivity index is 0.000000212. The van der Waals surface area contributed by atoms with Crippen LogP contribution in [0.1, 0.15) is 292 Å². The lowest BCUT2D eigenvalue weighted by Crippen LogP contribution is -2.32. The van der Waals surface area contributed by atoms with E-state index in [1.807, 2.05) is 0 Å². The molecule has 8 aromatic rings. The van der Waals surface area contributed by atoms with Crippen LogP contribution in [-0.2, 0) is 53.1 Å². The number of hydrogen-bond acceptors (Lipinski definition) is 4. The number of benzene rings is 8. The molecule has 0 amide bonds. The zero-order valence-electron chi connectivity index (χ0n) is 61.9. The normalized spacial score (nSPS) is 15.3. The van der Waals surface area contributed by atoms with Crippen molar-refractivity contribution in [1.29, 1.82) is 0 Å². The standard InChI is InChI=1S/C56H68Br2.C34H48B2O4/c1-9-11-13-15-17-19-33-55(34-20-18-16-14-12-10-2)49-35-43(57)29-31-45(49)47-38-52-48(37-50(47)55)46-32-30-44(58)36-51(46)56(52,41-25-21-39(22-26-41)53(3,4)5)42-27-23-40(24-28-42)54(6,7)8;1-3-5-7-9-11-13-15-29-30(16-14-12-10-8-6-4-2)34-26-28(36-39-23-24-40-36)18-20-32(34)31-19-17-27(25-33(29)31)35-37-21-22-38-35/h21-32,35-38H,9-20,33-34H2,1-8H3;17-20,25-26H,3-16,21-24H2,1-2H3. The highest BCUT2D eigenvalue weighted by Gasteiger charge is 2.50. The number of unbranched alkanes of at least 4 members (excludes halogenated alkanes) is 20. The molecule has 2 aliphatic heterocycles. The smallest absolute Gasteiger partial charge is 0.405 e. The van der Waals surface area contributed by atoms with Gasteiger partial charge in [0.05, 0.1) is 31.8 Å². The summed E-state index contributed by atoms with van der Waals surface area (Å²) in [5.74, 6) is 0. The number of halogens is 2. The lowest BCUT2D eigenvalue weighted by Gasteiger charge is -2.36. The second-order valence-corrected chi connectivity index (χ2v) is 33.4. The van der Waals surface area contributed by atoms with Gasteiger partial charge in [0.2, 0.25) is 0 Å². The van der Waals surface area contributed by atoms with E-state index in [2.05, 4.69) is 235 Å². The molecule has 8 heteroatoms. The molecule has 0 bridgehead atoms. The van der Waals surface area contributed by atoms with E-state index in [9.17, 15) is 0 Å². The quantitative estimate of drug-likeness (QED) is 0.0239. The monoisotopic (exact) mass is 1440 g/mol. The Morgan fingerprint density at radius 2 is 0.673 bits per heavy atom. The number of hydrogen-bond donors (Lipinski definition) is 0. The molecule has 2 heterocycles. The maximum absolute atomic E-state index is 5.92. The third-order valence-electron chi connectivity index (χ3n) is 22.6. The van der Waals surface area contributed by atoms with Crippen molar-refractivity contribution in [2.75, 3.05) is 26.4 Å². The van der Waals surface area contributed by atoms with Crippen LogP contribution in [0.5, 0.6) is 0 Å². The highest BCUT2D eigenvalue weighted by atomic mass is 79.9. The Bertz CT molecular complexity index is 3730. The Labute approximate surface area is 610 Å². The van der Waals surface area contributed by atoms with Gasteiger partial charge in [-0.15, -0.1) is 0 Å². The summed E-state index contributed by atoms with van der Waals surface area (Å²) in [6.07, 6.45) is 36.3. The molecule has 2 saturated heterocycles. The van der Waals surface area contributed by atoms with Crippen molar-refractivity contribution >= 4 is 78.6 Å². The molecule has 0 unspecified atom stereocenters. The van der Waals surface area contributed by atoms with E-state index in [1.54, 1.807) is 11.1 Å². The fourth-order valence-electron chi connectivity index (χ4n) is 17.1. The van der Waals surface area contributed by atoms with Gasteiger partial charge in [-0.05, 0) is 196 Å². The van der Waals surface area contributed by atoms with Crippen molar-refractivity contribution in [3.8, 4) is 22.3 Å². The van der Waals surface area contributed by atoms with E-state index in [0.717, 1.165) is 28.2 Å². The van der Waals surface area contributed by atoms with Crippen LogP contribution < -0.4 is 10.9 Å². The van der Waals surface area contributed by atoms with Crippen LogP contribution in [0.15, 0.2) is 142 Å². The molecule has 4 aliphatic rings. The average Bonchev–Trinajstić information content (AvgIpc) is 1.51. The lowest BCUT2D eigenvalue weighted by atomic mass is 9.66. The van der Waals surface area contributed by atoms with E-state index in [1.165, 1.54) is 260 Å². The summed E-state index contributed by atoms with van der Waals surface area (Å²) in [5, 5.41) is 5.45. The fourth-order valence-corrected chi connectivity index (χ4v) is 17.8. The Hall–Kier alpha value is -4.79. The van der Waals surface area contributed by atoms with E-state index < -0.39 is 5.41 Å². The molecular weight excluding hydrogens is 1330 g/mol. The molecule has 4 nitrogen and oxygen atoms in total. The SMILES string of the molecule is CCCCCCCCC1(CCCCCCCC)c2cc(Br)ccc2-c2cc3c(cc21)-c1ccc(Br)cc1C3(c1ccc(C(C)(C)C)cc1)c1ccc(C(C)(C)C)cc1.CCCCCCCCc1c(CCCCCCCC)c2cc(B3OCCO3)ccc2c2ccc(B3OCCO3)cc12. The van der Waals surface area contributed by atoms with E-state index >= 15 is 0 Å². The maximum Gasteiger partial charge on any atom is 0.494 e. The van der Waals surface area contributed by atoms with E-state index in [4.69, 9.17) is 18.6 Å². The van der Waals surface area contributed by atoms with Crippen LogP contribution in [0.2, 0.25) is 0 Å². The summed E-state index contributed by atoms with van der Waals surface area (Å²) in [5.41, 5.74) is 22.0. The summed E-state index contributed by atoms with van der Waals surface area (Å²) >= 11 is 7.96. The van der Waals surface area contributed by atoms with Gasteiger partial charge in [-0.1, -0.05) is 339 Å². The van der Waals surface area contributed by atoms with Gasteiger partial charge in [-0.25, -0.2) is 0 Å². The first-order valence-corrected chi connectivity index (χ1v) is 40.6. The molecule has 0 radical (unpaired) electrons. The van der Waals surface area contributed by atoms with Crippen molar-refractivity contribution in [3.05, 3.63) is 198 Å². The largest absolute Gasteiger partial charge is 0.494 e. The van der Waals surface area contributed by atoms with Gasteiger partial charge in [-0.2, -0.15) is 0 Å². The molecule has 2 aliphatic carbocycles. The van der Waals surface area contributed by atoms with Crippen LogP contribution >= 0.6 is 31.9 Å². The Kier molecular flexibility index (Phi) is 26.2. The summed E-state index contributed by atoms with van der Waals surface area (Å²) in [7, 11) is -0.494. The Morgan fingerprint density at radius 1 is 0.337 bits per heavy atom. The molecule has 0 saturated carbocycles. The maximum atomic E-state index is 5.92. The first-order chi connectivity index (χ1) is 47.5. The minimum Gasteiger partial charge on any atom is -0.405 e. The van der Waals surface area contributed by atoms with Gasteiger partial charge < -0.3 is 18.6 Å². The van der Waals surface area contributed by atoms with Crippen LogP contribution in [0.3, 0.4) is 0 Å². The highest BCUT2D eigenvalue weighted by molar-refractivity contribution is 9.10. The first kappa shape index (κ1) is 74.4. The van der Waals surface area contributed by atoms with Gasteiger partial charge in [0.1, 0.15) is 0 Å². The number of aryl methyl sites for hydroxylation is 2. The Morgan fingerprint density at radius 3 is 1.08 bits per heavy atom. The fraction of sp³-hybridized carbons (Fsp3) is 0.511. The molecule has 0 N–H and O–H groups in total. The predicted molar refractivity (Wildman–Crippen MR) is 429 cm³/mol. The van der Waals surface area contributed by atoms with Crippen LogP contribution in [0, 0.1) is 0 Å². The summed E-state index contributed by atoms with van der Waals surface area (Å²) in [6, 6.07) is 52.8. The minimum atomic E-state index is -0.477. The first-order valence-electron chi connectivity index (χ1n) is 39.0. The second-order valence-electron chi connectivity index (χ2n) is 31.6. The topological polar surface area (TPSA) is 36.9 Å². The van der Waals surface area contributed by atoms with E-state index in [-0.39, 0.29) is 30.5 Å². The molecule has 0 aromatic heterocycles. The molecule has 12 rings (SSSR count). The van der Waals surface area contributed by atoms with Gasteiger partial charge in [0.25, 0.3) is 0 Å². The van der Waals surface area contributed by atoms with Crippen LogP contribution in [0.25, 0.3) is 43.8 Å². The summed E-state index contributed by atoms with van der Waals surface area (Å²) in [6.45, 7) is 25.8. The van der Waals surface area contributed by atoms with Gasteiger partial charge in [0, 0.05) is 14.4 Å². The van der Waals surface area contributed by atoms with Crippen molar-refractivity contribution < 1.29 is 18.6 Å². The predicted octanol–water partition coefficient (Wildman–Crippen LogP) is 25.2. The van der Waals surface area contributed by atoms with Crippen molar-refractivity contribution in [2.24, 2.45) is 0 Å². The summed E-state index contributed by atoms with van der Waals surface area (Å²) in [4.78, 5) is 0. The lowest BCUT2D eigenvalue weighted by molar-refractivity contribution is 0.365. The molecule has 520 valence electrons. The van der Waals surface area contributed by atoms with Crippen molar-refractivity contribution in [1.82, 2.24) is 0 Å².